The second kappa shape index (κ2) is 15.6. The first kappa shape index (κ1) is 24.3. The monoisotopic (exact) mass is 365 g/mol. The Morgan fingerprint density at radius 2 is 1.22 bits per heavy atom. The fourth-order valence-corrected chi connectivity index (χ4v) is 2.22. The van der Waals surface area contributed by atoms with Gasteiger partial charge in [0, 0.05) is 25.4 Å². The third kappa shape index (κ3) is 8.50. The summed E-state index contributed by atoms with van der Waals surface area (Å²) < 4.78 is 0. The van der Waals surface area contributed by atoms with Gasteiger partial charge in [-0.3, -0.25) is 0 Å². The molecule has 0 atom stereocenters. The van der Waals surface area contributed by atoms with Crippen LogP contribution in [0.4, 0.5) is 11.6 Å². The molecule has 0 unspecified atom stereocenters. The summed E-state index contributed by atoms with van der Waals surface area (Å²) in [6.07, 6.45) is 2.64. The van der Waals surface area contributed by atoms with Crippen LogP contribution in [0.1, 0.15) is 52.8 Å². The highest BCUT2D eigenvalue weighted by Crippen LogP contribution is 2.19. The van der Waals surface area contributed by atoms with E-state index >= 15 is 0 Å². The lowest BCUT2D eigenvalue weighted by atomic mass is 10.1. The molecule has 0 spiro atoms. The van der Waals surface area contributed by atoms with Crippen LogP contribution >= 0.6 is 0 Å². The quantitative estimate of drug-likeness (QED) is 0.503. The molecule has 0 aliphatic carbocycles. The SMILES string of the molecule is CC.CC.CC.CN(c1ccccc1)c1nccc(Cc2ccccc2)n1. The Morgan fingerprint density at radius 3 is 1.78 bits per heavy atom. The number of anilines is 2. The molecule has 3 aromatic rings. The average molecular weight is 366 g/mol. The molecule has 146 valence electrons. The maximum Gasteiger partial charge on any atom is 0.229 e. The van der Waals surface area contributed by atoms with Gasteiger partial charge in [0.05, 0.1) is 5.69 Å². The van der Waals surface area contributed by atoms with Crippen molar-refractivity contribution < 1.29 is 0 Å². The molecule has 0 radical (unpaired) electrons. The Balaban J connectivity index is 0.00000103. The van der Waals surface area contributed by atoms with Crippen LogP contribution in [0, 0.1) is 0 Å². The average Bonchev–Trinajstić information content (AvgIpc) is 2.79. The second-order valence-corrected chi connectivity index (χ2v) is 4.90. The van der Waals surface area contributed by atoms with Gasteiger partial charge in [-0.05, 0) is 23.8 Å². The molecule has 0 N–H and O–H groups in total. The fraction of sp³-hybridized carbons (Fsp3) is 0.333. The van der Waals surface area contributed by atoms with E-state index < -0.39 is 0 Å². The Labute approximate surface area is 166 Å². The van der Waals surface area contributed by atoms with Crippen LogP contribution in [0.3, 0.4) is 0 Å². The van der Waals surface area contributed by atoms with Crippen molar-refractivity contribution in [1.29, 1.82) is 0 Å². The molecule has 0 amide bonds. The standard InChI is InChI=1S/C18H17N3.3C2H6/c1-21(17-10-6-3-7-11-17)18-19-13-12-16(20-18)14-15-8-4-2-5-9-15;3*1-2/h2-13H,14H2,1H3;3*1-2H3. The Bertz CT molecular complexity index is 697. The number of hydrogen-bond acceptors (Lipinski definition) is 3. The summed E-state index contributed by atoms with van der Waals surface area (Å²) in [6, 6.07) is 22.4. The summed E-state index contributed by atoms with van der Waals surface area (Å²) in [6.45, 7) is 12.0. The molecule has 1 aromatic heterocycles. The lowest BCUT2D eigenvalue weighted by molar-refractivity contribution is 0.978. The van der Waals surface area contributed by atoms with Gasteiger partial charge < -0.3 is 4.90 Å². The number of hydrogen-bond donors (Lipinski definition) is 0. The van der Waals surface area contributed by atoms with E-state index in [9.17, 15) is 0 Å². The third-order valence-electron chi connectivity index (χ3n) is 3.37. The minimum Gasteiger partial charge on any atom is -0.314 e. The normalized spacial score (nSPS) is 8.70. The van der Waals surface area contributed by atoms with Crippen molar-refractivity contribution in [2.45, 2.75) is 48.0 Å². The molecular formula is C24H35N3. The van der Waals surface area contributed by atoms with Gasteiger partial charge in [0.1, 0.15) is 0 Å². The van der Waals surface area contributed by atoms with Crippen molar-refractivity contribution >= 4 is 11.6 Å². The van der Waals surface area contributed by atoms with Crippen LogP contribution in [0.5, 0.6) is 0 Å². The van der Waals surface area contributed by atoms with Gasteiger partial charge in [0.2, 0.25) is 5.95 Å². The molecule has 3 heteroatoms. The molecule has 0 bridgehead atoms. The maximum atomic E-state index is 4.66. The van der Waals surface area contributed by atoms with E-state index in [-0.39, 0.29) is 0 Å². The highest BCUT2D eigenvalue weighted by Gasteiger charge is 2.07. The smallest absolute Gasteiger partial charge is 0.229 e. The van der Waals surface area contributed by atoms with Gasteiger partial charge in [-0.1, -0.05) is 90.1 Å². The molecule has 0 fully saturated rings. The summed E-state index contributed by atoms with van der Waals surface area (Å²) in [5.41, 5.74) is 3.35. The molecule has 0 aliphatic rings. The highest BCUT2D eigenvalue weighted by molar-refractivity contribution is 5.55. The van der Waals surface area contributed by atoms with Crippen molar-refractivity contribution in [3.63, 3.8) is 0 Å². The van der Waals surface area contributed by atoms with Crippen molar-refractivity contribution in [3.8, 4) is 0 Å². The topological polar surface area (TPSA) is 29.0 Å². The zero-order chi connectivity index (χ0) is 20.5. The van der Waals surface area contributed by atoms with Gasteiger partial charge in [0.25, 0.3) is 0 Å². The van der Waals surface area contributed by atoms with Gasteiger partial charge in [-0.15, -0.1) is 0 Å². The van der Waals surface area contributed by atoms with Crippen LogP contribution in [0.2, 0.25) is 0 Å². The molecule has 3 nitrogen and oxygen atoms in total. The number of para-hydroxylation sites is 1. The third-order valence-corrected chi connectivity index (χ3v) is 3.37. The van der Waals surface area contributed by atoms with Gasteiger partial charge >= 0.3 is 0 Å². The largest absolute Gasteiger partial charge is 0.314 e. The molecule has 3 rings (SSSR count). The summed E-state index contributed by atoms with van der Waals surface area (Å²) in [4.78, 5) is 11.0. The lowest BCUT2D eigenvalue weighted by Gasteiger charge is -2.17. The van der Waals surface area contributed by atoms with E-state index in [2.05, 4.69) is 22.1 Å². The molecule has 0 saturated heterocycles. The van der Waals surface area contributed by atoms with Gasteiger partial charge in [-0.2, -0.15) is 0 Å². The van der Waals surface area contributed by atoms with Crippen molar-refractivity contribution in [1.82, 2.24) is 9.97 Å². The molecule has 0 saturated carbocycles. The second-order valence-electron chi connectivity index (χ2n) is 4.90. The van der Waals surface area contributed by atoms with E-state index in [1.165, 1.54) is 5.56 Å². The summed E-state index contributed by atoms with van der Waals surface area (Å²) in [5.74, 6) is 0.717. The lowest BCUT2D eigenvalue weighted by Crippen LogP contribution is -2.13. The predicted octanol–water partition coefficient (Wildman–Crippen LogP) is 6.91. The number of rotatable bonds is 4. The van der Waals surface area contributed by atoms with E-state index in [0.717, 1.165) is 23.8 Å². The number of benzene rings is 2. The zero-order valence-corrected chi connectivity index (χ0v) is 18.0. The fourth-order valence-electron chi connectivity index (χ4n) is 2.22. The molecule has 0 aliphatic heterocycles. The molecule has 27 heavy (non-hydrogen) atoms. The van der Waals surface area contributed by atoms with Crippen molar-refractivity contribution in [3.05, 3.63) is 84.2 Å². The number of aromatic nitrogens is 2. The van der Waals surface area contributed by atoms with Crippen LogP contribution in [-0.4, -0.2) is 17.0 Å². The number of nitrogens with zero attached hydrogens (tertiary/aromatic N) is 3. The van der Waals surface area contributed by atoms with Crippen molar-refractivity contribution in [2.75, 3.05) is 11.9 Å². The molecular weight excluding hydrogens is 330 g/mol. The zero-order valence-electron chi connectivity index (χ0n) is 18.0. The van der Waals surface area contributed by atoms with E-state index in [1.54, 1.807) is 0 Å². The van der Waals surface area contributed by atoms with Gasteiger partial charge in [0.15, 0.2) is 0 Å². The molecule has 2 aromatic carbocycles. The predicted molar refractivity (Wildman–Crippen MR) is 120 cm³/mol. The van der Waals surface area contributed by atoms with E-state index in [1.807, 2.05) is 114 Å². The van der Waals surface area contributed by atoms with Crippen LogP contribution in [0.25, 0.3) is 0 Å². The Kier molecular flexibility index (Phi) is 14.0. The van der Waals surface area contributed by atoms with E-state index in [4.69, 9.17) is 0 Å². The summed E-state index contributed by atoms with van der Waals surface area (Å²) >= 11 is 0. The maximum absolute atomic E-state index is 4.66. The first-order chi connectivity index (χ1) is 13.3. The van der Waals surface area contributed by atoms with E-state index in [0.29, 0.717) is 0 Å². The van der Waals surface area contributed by atoms with Crippen LogP contribution < -0.4 is 4.90 Å². The van der Waals surface area contributed by atoms with Crippen LogP contribution in [-0.2, 0) is 6.42 Å². The Morgan fingerprint density at radius 1 is 0.704 bits per heavy atom. The minimum atomic E-state index is 0.717. The highest BCUT2D eigenvalue weighted by atomic mass is 15.2. The van der Waals surface area contributed by atoms with Gasteiger partial charge in [-0.25, -0.2) is 9.97 Å². The van der Waals surface area contributed by atoms with Crippen molar-refractivity contribution in [2.24, 2.45) is 0 Å². The Hall–Kier alpha value is -2.68. The minimum absolute atomic E-state index is 0.717. The first-order valence-electron chi connectivity index (χ1n) is 9.97. The summed E-state index contributed by atoms with van der Waals surface area (Å²) in [7, 11) is 1.98. The van der Waals surface area contributed by atoms with Crippen LogP contribution in [0.15, 0.2) is 72.9 Å². The first-order valence-corrected chi connectivity index (χ1v) is 9.97. The summed E-state index contributed by atoms with van der Waals surface area (Å²) in [5, 5.41) is 0. The molecule has 1 heterocycles.